The number of hydrogen-bond acceptors (Lipinski definition) is 5. The molecule has 5 heteroatoms. The third-order valence-corrected chi connectivity index (χ3v) is 3.72. The summed E-state index contributed by atoms with van der Waals surface area (Å²) in [7, 11) is 1.88. The monoisotopic (exact) mass is 240 g/mol. The first-order chi connectivity index (χ1) is 7.67. The van der Waals surface area contributed by atoms with Gasteiger partial charge in [-0.1, -0.05) is 11.8 Å². The van der Waals surface area contributed by atoms with Crippen molar-refractivity contribution in [3.05, 3.63) is 11.8 Å². The number of thioether (sulfide) groups is 1. The van der Waals surface area contributed by atoms with Gasteiger partial charge in [-0.15, -0.1) is 0 Å². The Labute approximate surface area is 101 Å². The minimum absolute atomic E-state index is 0.294. The normalized spacial score (nSPS) is 30.9. The highest BCUT2D eigenvalue weighted by Gasteiger charge is 2.18. The van der Waals surface area contributed by atoms with Crippen LogP contribution >= 0.6 is 11.8 Å². The largest absolute Gasteiger partial charge is 0.390 e. The van der Waals surface area contributed by atoms with Crippen molar-refractivity contribution >= 4 is 23.1 Å². The minimum atomic E-state index is 0.294. The van der Waals surface area contributed by atoms with Gasteiger partial charge in [0.2, 0.25) is 0 Å². The number of nitrogens with one attached hydrogen (secondary N) is 2. The number of nitrogens with two attached hydrogens (primary N) is 1. The molecule has 0 aromatic rings. The zero-order chi connectivity index (χ0) is 12.0. The van der Waals surface area contributed by atoms with E-state index in [0.29, 0.717) is 16.5 Å². The molecule has 1 aliphatic heterocycles. The number of aliphatic imine (C=N–C) groups is 1. The summed E-state index contributed by atoms with van der Waals surface area (Å²) in [4.78, 5) is 4.41. The first-order valence-corrected chi connectivity index (χ1v) is 6.43. The van der Waals surface area contributed by atoms with Gasteiger partial charge < -0.3 is 16.5 Å². The molecular weight excluding hydrogens is 220 g/mol. The fourth-order valence-corrected chi connectivity index (χ4v) is 2.92. The van der Waals surface area contributed by atoms with Crippen LogP contribution < -0.4 is 11.1 Å². The number of nitrogens with zero attached hydrogens (tertiary/aromatic N) is 1. The fraction of sp³-hybridized carbons (Fsp3) is 0.636. The van der Waals surface area contributed by atoms with Crippen LogP contribution in [-0.4, -0.2) is 29.7 Å². The first-order valence-electron chi connectivity index (χ1n) is 5.55. The van der Waals surface area contributed by atoms with E-state index >= 15 is 0 Å². The van der Waals surface area contributed by atoms with E-state index in [-0.39, 0.29) is 0 Å². The lowest BCUT2D eigenvalue weighted by molar-refractivity contribution is 0.594. The smallest absolute Gasteiger partial charge is 0.154 e. The SMILES string of the molecule is CN/C(=C\C=N)C1CCCC(C)/N=C(/N)S1. The zero-order valence-electron chi connectivity index (χ0n) is 9.86. The van der Waals surface area contributed by atoms with Gasteiger partial charge in [-0.05, 0) is 32.3 Å². The molecule has 1 aliphatic rings. The second-order valence-electron chi connectivity index (χ2n) is 3.89. The molecule has 0 radical (unpaired) electrons. The molecule has 0 amide bonds. The van der Waals surface area contributed by atoms with Crippen molar-refractivity contribution in [2.75, 3.05) is 7.05 Å². The van der Waals surface area contributed by atoms with E-state index in [1.807, 2.05) is 7.05 Å². The van der Waals surface area contributed by atoms with Crippen LogP contribution in [0.3, 0.4) is 0 Å². The van der Waals surface area contributed by atoms with Crippen molar-refractivity contribution in [2.24, 2.45) is 10.7 Å². The molecule has 90 valence electrons. The third-order valence-electron chi connectivity index (χ3n) is 2.60. The van der Waals surface area contributed by atoms with Crippen LogP contribution in [0.5, 0.6) is 0 Å². The molecule has 0 saturated carbocycles. The number of rotatable bonds is 3. The number of allylic oxidation sites excluding steroid dienone is 1. The van der Waals surface area contributed by atoms with Crippen molar-refractivity contribution < 1.29 is 0 Å². The van der Waals surface area contributed by atoms with E-state index < -0.39 is 0 Å². The standard InChI is InChI=1S/C11H20N4S/c1-8-4-3-5-10(16-11(13)15-8)9(14-2)6-7-12/h6-8,10,12,14H,3-5H2,1-2H3,(H2,13,15)/b9-6-,12-7?. The molecule has 0 bridgehead atoms. The summed E-state index contributed by atoms with van der Waals surface area (Å²) in [5.74, 6) is 0. The van der Waals surface area contributed by atoms with Gasteiger partial charge in [0.15, 0.2) is 5.17 Å². The first kappa shape index (κ1) is 13.1. The molecule has 2 atom stereocenters. The van der Waals surface area contributed by atoms with E-state index in [0.717, 1.165) is 25.0 Å². The molecule has 0 saturated heterocycles. The Balaban J connectivity index is 2.77. The summed E-state index contributed by atoms with van der Waals surface area (Å²) < 4.78 is 0. The fourth-order valence-electron chi connectivity index (χ4n) is 1.78. The summed E-state index contributed by atoms with van der Waals surface area (Å²) in [6.07, 6.45) is 6.40. The van der Waals surface area contributed by atoms with Gasteiger partial charge in [0.05, 0.1) is 5.25 Å². The van der Waals surface area contributed by atoms with Crippen LogP contribution in [0, 0.1) is 5.41 Å². The lowest BCUT2D eigenvalue weighted by Gasteiger charge is -2.22. The predicted octanol–water partition coefficient (Wildman–Crippen LogP) is 1.73. The minimum Gasteiger partial charge on any atom is -0.390 e. The molecule has 0 fully saturated rings. The van der Waals surface area contributed by atoms with Crippen LogP contribution in [0.1, 0.15) is 26.2 Å². The van der Waals surface area contributed by atoms with Crippen molar-refractivity contribution in [3.8, 4) is 0 Å². The maximum absolute atomic E-state index is 7.12. The second kappa shape index (κ2) is 6.58. The predicted molar refractivity (Wildman–Crippen MR) is 72.2 cm³/mol. The molecule has 0 aromatic carbocycles. The highest BCUT2D eigenvalue weighted by molar-refractivity contribution is 8.14. The van der Waals surface area contributed by atoms with E-state index in [1.165, 1.54) is 6.21 Å². The summed E-state index contributed by atoms with van der Waals surface area (Å²) >= 11 is 1.59. The van der Waals surface area contributed by atoms with Gasteiger partial charge in [-0.3, -0.25) is 4.99 Å². The van der Waals surface area contributed by atoms with Crippen molar-refractivity contribution in [1.82, 2.24) is 5.32 Å². The zero-order valence-corrected chi connectivity index (χ0v) is 10.7. The Morgan fingerprint density at radius 1 is 1.62 bits per heavy atom. The molecule has 1 heterocycles. The molecule has 0 spiro atoms. The van der Waals surface area contributed by atoms with E-state index in [9.17, 15) is 0 Å². The average Bonchev–Trinajstić information content (AvgIpc) is 2.22. The van der Waals surface area contributed by atoms with Crippen molar-refractivity contribution in [3.63, 3.8) is 0 Å². The molecular formula is C11H20N4S. The summed E-state index contributed by atoms with van der Waals surface area (Å²) in [6, 6.07) is 0.332. The maximum atomic E-state index is 7.12. The van der Waals surface area contributed by atoms with Gasteiger partial charge in [0, 0.05) is 25.0 Å². The van der Waals surface area contributed by atoms with Crippen LogP contribution in [0.25, 0.3) is 0 Å². The Hall–Kier alpha value is -0.970. The third kappa shape index (κ3) is 3.89. The van der Waals surface area contributed by atoms with E-state index in [4.69, 9.17) is 11.1 Å². The van der Waals surface area contributed by atoms with Crippen LogP contribution in [-0.2, 0) is 0 Å². The Kier molecular flexibility index (Phi) is 5.38. The van der Waals surface area contributed by atoms with Gasteiger partial charge >= 0.3 is 0 Å². The number of amidine groups is 1. The lowest BCUT2D eigenvalue weighted by Crippen LogP contribution is -2.25. The van der Waals surface area contributed by atoms with Gasteiger partial charge in [-0.2, -0.15) is 0 Å². The molecule has 1 rings (SSSR count). The highest BCUT2D eigenvalue weighted by Crippen LogP contribution is 2.26. The van der Waals surface area contributed by atoms with Gasteiger partial charge in [-0.25, -0.2) is 0 Å². The van der Waals surface area contributed by atoms with Crippen LogP contribution in [0.2, 0.25) is 0 Å². The van der Waals surface area contributed by atoms with Crippen molar-refractivity contribution in [2.45, 2.75) is 37.5 Å². The Morgan fingerprint density at radius 2 is 2.38 bits per heavy atom. The average molecular weight is 240 g/mol. The number of hydrogen-bond donors (Lipinski definition) is 3. The van der Waals surface area contributed by atoms with Gasteiger partial charge in [0.1, 0.15) is 0 Å². The van der Waals surface area contributed by atoms with Crippen LogP contribution in [0.4, 0.5) is 0 Å². The van der Waals surface area contributed by atoms with Crippen molar-refractivity contribution in [1.29, 1.82) is 5.41 Å². The molecule has 0 aromatic heterocycles. The second-order valence-corrected chi connectivity index (χ2v) is 5.12. The molecule has 16 heavy (non-hydrogen) atoms. The molecule has 4 N–H and O–H groups in total. The van der Waals surface area contributed by atoms with Gasteiger partial charge in [0.25, 0.3) is 0 Å². The maximum Gasteiger partial charge on any atom is 0.154 e. The molecule has 4 nitrogen and oxygen atoms in total. The summed E-state index contributed by atoms with van der Waals surface area (Å²) in [5, 5.41) is 11.2. The van der Waals surface area contributed by atoms with E-state index in [1.54, 1.807) is 17.8 Å². The van der Waals surface area contributed by atoms with Crippen LogP contribution in [0.15, 0.2) is 16.8 Å². The molecule has 2 unspecified atom stereocenters. The highest BCUT2D eigenvalue weighted by atomic mass is 32.2. The Bertz CT molecular complexity index is 298. The van der Waals surface area contributed by atoms with E-state index in [2.05, 4.69) is 17.2 Å². The Morgan fingerprint density at radius 3 is 3.00 bits per heavy atom. The topological polar surface area (TPSA) is 74.3 Å². The molecule has 0 aliphatic carbocycles. The lowest BCUT2D eigenvalue weighted by atomic mass is 10.1. The summed E-state index contributed by atoms with van der Waals surface area (Å²) in [5.41, 5.74) is 6.92. The quantitative estimate of drug-likeness (QED) is 0.658. The summed E-state index contributed by atoms with van der Waals surface area (Å²) in [6.45, 7) is 2.10.